The van der Waals surface area contributed by atoms with Gasteiger partial charge in [0.05, 0.1) is 22.0 Å². The summed E-state index contributed by atoms with van der Waals surface area (Å²) in [5.74, 6) is -0.976. The van der Waals surface area contributed by atoms with Crippen LogP contribution in [0.3, 0.4) is 0 Å². The zero-order chi connectivity index (χ0) is 29.4. The normalized spacial score (nSPS) is 12.1. The molecule has 0 aromatic heterocycles. The predicted molar refractivity (Wildman–Crippen MR) is 163 cm³/mol. The summed E-state index contributed by atoms with van der Waals surface area (Å²) in [5.41, 5.74) is 1.56. The Hall–Kier alpha value is -2.49. The highest BCUT2D eigenvalue weighted by atomic mass is 35.5. The third-order valence-corrected chi connectivity index (χ3v) is 8.29. The first-order valence-corrected chi connectivity index (χ1v) is 15.7. The molecule has 0 saturated carbocycles. The maximum atomic E-state index is 14.0. The molecule has 12 heteroatoms. The molecule has 0 aliphatic carbocycles. The molecule has 2 amide bonds. The summed E-state index contributed by atoms with van der Waals surface area (Å²) in [6, 6.07) is 17.5. The van der Waals surface area contributed by atoms with Crippen molar-refractivity contribution in [3.63, 3.8) is 0 Å². The van der Waals surface area contributed by atoms with Gasteiger partial charge in [0.15, 0.2) is 0 Å². The minimum absolute atomic E-state index is 0.0271. The van der Waals surface area contributed by atoms with Gasteiger partial charge in [-0.25, -0.2) is 8.42 Å². The number of anilines is 1. The zero-order valence-electron chi connectivity index (χ0n) is 21.9. The summed E-state index contributed by atoms with van der Waals surface area (Å²) in [7, 11) is -3.95. The van der Waals surface area contributed by atoms with E-state index >= 15 is 0 Å². The van der Waals surface area contributed by atoms with Gasteiger partial charge in [-0.15, -0.1) is 0 Å². The van der Waals surface area contributed by atoms with E-state index in [2.05, 4.69) is 5.32 Å². The molecule has 3 rings (SSSR count). The highest BCUT2D eigenvalue weighted by Crippen LogP contribution is 2.28. The van der Waals surface area contributed by atoms with E-state index in [-0.39, 0.29) is 39.6 Å². The summed E-state index contributed by atoms with van der Waals surface area (Å²) in [5, 5.41) is 3.91. The number of sulfonamides is 1. The van der Waals surface area contributed by atoms with E-state index in [1.165, 1.54) is 23.1 Å². The Labute approximate surface area is 255 Å². The molecule has 1 unspecified atom stereocenters. The van der Waals surface area contributed by atoms with Crippen LogP contribution in [0.25, 0.3) is 0 Å². The Balaban J connectivity index is 2.08. The molecule has 0 aliphatic rings. The van der Waals surface area contributed by atoms with Gasteiger partial charge in [0, 0.05) is 29.6 Å². The van der Waals surface area contributed by atoms with Crippen LogP contribution in [0.15, 0.2) is 66.7 Å². The van der Waals surface area contributed by atoms with Crippen molar-refractivity contribution in [3.05, 3.63) is 97.9 Å². The van der Waals surface area contributed by atoms with Gasteiger partial charge < -0.3 is 10.2 Å². The van der Waals surface area contributed by atoms with Gasteiger partial charge in [-0.3, -0.25) is 13.9 Å². The van der Waals surface area contributed by atoms with Gasteiger partial charge in [-0.05, 0) is 47.9 Å². The van der Waals surface area contributed by atoms with Crippen molar-refractivity contribution < 1.29 is 18.0 Å². The SMILES string of the molecule is CCCNC(=O)C(Cc1ccccc1)N(Cc1ccc(Cl)c(Cl)c1)C(=O)CN(c1cc(Cl)cc(Cl)c1)S(C)(=O)=O. The molecule has 214 valence electrons. The van der Waals surface area contributed by atoms with Crippen LogP contribution in [-0.2, 0) is 32.6 Å². The maximum Gasteiger partial charge on any atom is 0.244 e. The number of nitrogens with one attached hydrogen (secondary N) is 1. The largest absolute Gasteiger partial charge is 0.354 e. The Morgan fingerprint density at radius 2 is 1.52 bits per heavy atom. The van der Waals surface area contributed by atoms with E-state index in [0.29, 0.717) is 23.6 Å². The van der Waals surface area contributed by atoms with Gasteiger partial charge >= 0.3 is 0 Å². The smallest absolute Gasteiger partial charge is 0.244 e. The summed E-state index contributed by atoms with van der Waals surface area (Å²) >= 11 is 24.6. The highest BCUT2D eigenvalue weighted by molar-refractivity contribution is 7.92. The minimum Gasteiger partial charge on any atom is -0.354 e. The number of carbonyl (C=O) groups is 2. The summed E-state index contributed by atoms with van der Waals surface area (Å²) in [6.45, 7) is 1.71. The molecule has 3 aromatic carbocycles. The monoisotopic (exact) mass is 643 g/mol. The Kier molecular flexibility index (Phi) is 11.5. The van der Waals surface area contributed by atoms with Crippen LogP contribution in [0.5, 0.6) is 0 Å². The van der Waals surface area contributed by atoms with Crippen molar-refractivity contribution in [3.8, 4) is 0 Å². The zero-order valence-corrected chi connectivity index (χ0v) is 25.8. The van der Waals surface area contributed by atoms with E-state index in [9.17, 15) is 18.0 Å². The fourth-order valence-electron chi connectivity index (χ4n) is 4.05. The summed E-state index contributed by atoms with van der Waals surface area (Å²) in [6.07, 6.45) is 1.88. The van der Waals surface area contributed by atoms with Crippen molar-refractivity contribution in [2.45, 2.75) is 32.4 Å². The predicted octanol–water partition coefficient (Wildman–Crippen LogP) is 6.23. The van der Waals surface area contributed by atoms with Crippen molar-refractivity contribution in [1.29, 1.82) is 0 Å². The second-order valence-corrected chi connectivity index (χ2v) is 12.8. The molecule has 7 nitrogen and oxygen atoms in total. The topological polar surface area (TPSA) is 86.8 Å². The lowest BCUT2D eigenvalue weighted by Gasteiger charge is -2.33. The van der Waals surface area contributed by atoms with E-state index < -0.39 is 28.5 Å². The number of hydrogen-bond donors (Lipinski definition) is 1. The summed E-state index contributed by atoms with van der Waals surface area (Å²) in [4.78, 5) is 28.9. The van der Waals surface area contributed by atoms with Crippen LogP contribution in [0.2, 0.25) is 20.1 Å². The maximum absolute atomic E-state index is 14.0. The molecular formula is C28H29Cl4N3O4S. The molecule has 0 radical (unpaired) electrons. The number of rotatable bonds is 12. The van der Waals surface area contributed by atoms with Crippen LogP contribution in [-0.4, -0.2) is 50.5 Å². The molecule has 1 N–H and O–H groups in total. The average molecular weight is 645 g/mol. The lowest BCUT2D eigenvalue weighted by Crippen LogP contribution is -2.53. The van der Waals surface area contributed by atoms with Crippen molar-refractivity contribution in [2.24, 2.45) is 0 Å². The van der Waals surface area contributed by atoms with Gasteiger partial charge in [0.1, 0.15) is 12.6 Å². The quantitative estimate of drug-likeness (QED) is 0.253. The van der Waals surface area contributed by atoms with Crippen LogP contribution in [0, 0.1) is 0 Å². The second-order valence-electron chi connectivity index (χ2n) is 9.16. The molecule has 0 bridgehead atoms. The van der Waals surface area contributed by atoms with Crippen molar-refractivity contribution in [1.82, 2.24) is 10.2 Å². The number of halogens is 4. The standard InChI is InChI=1S/C28H29Cl4N3O4S/c1-3-11-33-28(37)26(13-19-7-5-4-6-8-19)34(17-20-9-10-24(31)25(32)12-20)27(36)18-35(40(2,38)39)23-15-21(29)14-22(30)16-23/h4-10,12,14-16,26H,3,11,13,17-18H2,1-2H3,(H,33,37). The summed E-state index contributed by atoms with van der Waals surface area (Å²) < 4.78 is 26.6. The third-order valence-electron chi connectivity index (χ3n) is 5.97. The molecule has 0 fully saturated rings. The third kappa shape index (κ3) is 9.01. The Morgan fingerprint density at radius 1 is 0.875 bits per heavy atom. The molecule has 0 saturated heterocycles. The molecule has 3 aromatic rings. The Bertz CT molecular complexity index is 1430. The van der Waals surface area contributed by atoms with E-state index in [0.717, 1.165) is 16.1 Å². The molecule has 0 spiro atoms. The lowest BCUT2D eigenvalue weighted by molar-refractivity contribution is -0.140. The number of hydrogen-bond acceptors (Lipinski definition) is 4. The molecule has 1 atom stereocenters. The number of carbonyl (C=O) groups excluding carboxylic acids is 2. The van der Waals surface area contributed by atoms with E-state index in [4.69, 9.17) is 46.4 Å². The number of amides is 2. The molecule has 40 heavy (non-hydrogen) atoms. The van der Waals surface area contributed by atoms with Crippen molar-refractivity contribution in [2.75, 3.05) is 23.7 Å². The first-order chi connectivity index (χ1) is 18.9. The fourth-order valence-corrected chi connectivity index (χ4v) is 5.72. The lowest BCUT2D eigenvalue weighted by atomic mass is 10.0. The highest BCUT2D eigenvalue weighted by Gasteiger charge is 2.33. The average Bonchev–Trinajstić information content (AvgIpc) is 2.89. The molecular weight excluding hydrogens is 616 g/mol. The first kappa shape index (κ1) is 32.0. The first-order valence-electron chi connectivity index (χ1n) is 12.4. The number of nitrogens with zero attached hydrogens (tertiary/aromatic N) is 2. The van der Waals surface area contributed by atoms with Crippen LogP contribution >= 0.6 is 46.4 Å². The van der Waals surface area contributed by atoms with Gasteiger partial charge in [0.2, 0.25) is 21.8 Å². The Morgan fingerprint density at radius 3 is 2.10 bits per heavy atom. The second kappa shape index (κ2) is 14.4. The van der Waals surface area contributed by atoms with Crippen LogP contribution in [0.4, 0.5) is 5.69 Å². The molecule has 0 aliphatic heterocycles. The van der Waals surface area contributed by atoms with Crippen molar-refractivity contribution >= 4 is 73.9 Å². The molecule has 0 heterocycles. The van der Waals surface area contributed by atoms with Crippen LogP contribution in [0.1, 0.15) is 24.5 Å². The van der Waals surface area contributed by atoms with E-state index in [1.807, 2.05) is 37.3 Å². The van der Waals surface area contributed by atoms with Gasteiger partial charge in [-0.2, -0.15) is 0 Å². The van der Waals surface area contributed by atoms with Gasteiger partial charge in [-0.1, -0.05) is 89.7 Å². The minimum atomic E-state index is -3.95. The van der Waals surface area contributed by atoms with Crippen LogP contribution < -0.4 is 9.62 Å². The van der Waals surface area contributed by atoms with E-state index in [1.54, 1.807) is 18.2 Å². The van der Waals surface area contributed by atoms with Gasteiger partial charge in [0.25, 0.3) is 0 Å². The number of benzene rings is 3. The fraction of sp³-hybridized carbons (Fsp3) is 0.286.